The molecule has 3 saturated heterocycles. The van der Waals surface area contributed by atoms with Gasteiger partial charge in [0.2, 0.25) is 17.7 Å². The number of carbonyl (C=O) groups is 4. The van der Waals surface area contributed by atoms with Crippen molar-refractivity contribution in [1.29, 1.82) is 0 Å². The molecule has 3 amide bonds. The van der Waals surface area contributed by atoms with E-state index in [0.717, 1.165) is 0 Å². The minimum absolute atomic E-state index is 0.0219. The van der Waals surface area contributed by atoms with Gasteiger partial charge in [-0.25, -0.2) is 13.9 Å². The van der Waals surface area contributed by atoms with Gasteiger partial charge in [0.1, 0.15) is 24.7 Å². The van der Waals surface area contributed by atoms with E-state index in [1.165, 1.54) is 32.6 Å². The number of nitrogens with zero attached hydrogens (tertiary/aromatic N) is 6. The molecule has 38 heavy (non-hydrogen) atoms. The van der Waals surface area contributed by atoms with E-state index >= 15 is 0 Å². The standard InChI is InChI=1S/C22H30FN9O5S/c1-9-17-16(10(2)27-15(33)7-31-8-26-28-29-31)21(35)32(17)18(22(36)37)19(9)38-11-3-14(25-4-11)20(34)30-5-12(23)13(24)6-30/h8-14,16-17,25H,3-7,24H2,1-2H3,(H,27,33)(H,36,37)/t9-,10?,11+,12-,13+,14+,16-,17-/m1/s1. The maximum Gasteiger partial charge on any atom is 0.353 e. The van der Waals surface area contributed by atoms with Crippen molar-refractivity contribution in [1.82, 2.24) is 40.6 Å². The van der Waals surface area contributed by atoms with Crippen molar-refractivity contribution in [3.8, 4) is 0 Å². The van der Waals surface area contributed by atoms with E-state index in [1.54, 1.807) is 6.92 Å². The van der Waals surface area contributed by atoms with Crippen LogP contribution in [0.2, 0.25) is 0 Å². The van der Waals surface area contributed by atoms with Crippen molar-refractivity contribution in [3.63, 3.8) is 0 Å². The number of hydrogen-bond acceptors (Lipinski definition) is 10. The summed E-state index contributed by atoms with van der Waals surface area (Å²) in [5.41, 5.74) is 5.67. The number of fused-ring (bicyclic) bond motifs is 1. The number of amides is 3. The van der Waals surface area contributed by atoms with Gasteiger partial charge in [0.15, 0.2) is 0 Å². The molecule has 0 spiro atoms. The molecule has 14 nitrogen and oxygen atoms in total. The highest BCUT2D eigenvalue weighted by molar-refractivity contribution is 8.03. The van der Waals surface area contributed by atoms with Gasteiger partial charge in [-0.2, -0.15) is 0 Å². The first-order valence-corrected chi connectivity index (χ1v) is 13.3. The van der Waals surface area contributed by atoms with Crippen LogP contribution in [0, 0.1) is 11.8 Å². The smallest absolute Gasteiger partial charge is 0.353 e. The van der Waals surface area contributed by atoms with Gasteiger partial charge in [-0.1, -0.05) is 6.92 Å². The molecule has 5 heterocycles. The lowest BCUT2D eigenvalue weighted by molar-refractivity contribution is -0.158. The number of carboxylic acid groups (broad SMARTS) is 1. The summed E-state index contributed by atoms with van der Waals surface area (Å²) >= 11 is 1.36. The van der Waals surface area contributed by atoms with Crippen molar-refractivity contribution in [2.24, 2.45) is 17.6 Å². The molecule has 0 radical (unpaired) electrons. The number of alkyl halides is 1. The Bertz CT molecular complexity index is 1160. The number of β-lactam (4-membered cyclic amide) rings is 1. The summed E-state index contributed by atoms with van der Waals surface area (Å²) in [6.07, 6.45) is 0.510. The number of carboxylic acids is 1. The van der Waals surface area contributed by atoms with Crippen molar-refractivity contribution >= 4 is 35.5 Å². The Balaban J connectivity index is 1.23. The molecule has 0 aromatic carbocycles. The fourth-order valence-electron chi connectivity index (χ4n) is 5.84. The van der Waals surface area contributed by atoms with Gasteiger partial charge < -0.3 is 31.3 Å². The van der Waals surface area contributed by atoms with Gasteiger partial charge in [-0.15, -0.1) is 16.9 Å². The van der Waals surface area contributed by atoms with E-state index in [9.17, 15) is 28.7 Å². The summed E-state index contributed by atoms with van der Waals surface area (Å²) in [6.45, 7) is 4.11. The lowest BCUT2D eigenvalue weighted by Gasteiger charge is -2.47. The molecule has 0 saturated carbocycles. The van der Waals surface area contributed by atoms with Crippen molar-refractivity contribution < 1.29 is 28.7 Å². The first kappa shape index (κ1) is 26.5. The number of thioether (sulfide) groups is 1. The van der Waals surface area contributed by atoms with Crippen molar-refractivity contribution in [3.05, 3.63) is 16.9 Å². The number of aliphatic carboxylic acids is 1. The zero-order chi connectivity index (χ0) is 27.3. The monoisotopic (exact) mass is 551 g/mol. The molecule has 206 valence electrons. The molecular formula is C22H30FN9O5S. The van der Waals surface area contributed by atoms with Gasteiger partial charge in [-0.3, -0.25) is 14.4 Å². The minimum Gasteiger partial charge on any atom is -0.477 e. The van der Waals surface area contributed by atoms with Crippen LogP contribution in [0.4, 0.5) is 4.39 Å². The Morgan fingerprint density at radius 2 is 2.13 bits per heavy atom. The number of nitrogens with two attached hydrogens (primary N) is 1. The van der Waals surface area contributed by atoms with Gasteiger partial charge >= 0.3 is 5.97 Å². The number of hydrogen-bond donors (Lipinski definition) is 4. The van der Waals surface area contributed by atoms with E-state index in [0.29, 0.717) is 17.9 Å². The Morgan fingerprint density at radius 1 is 1.37 bits per heavy atom. The van der Waals surface area contributed by atoms with Gasteiger partial charge in [-0.05, 0) is 23.8 Å². The second-order valence-electron chi connectivity index (χ2n) is 10.3. The molecule has 0 aliphatic carbocycles. The van der Waals surface area contributed by atoms with Crippen LogP contribution in [0.25, 0.3) is 0 Å². The van der Waals surface area contributed by atoms with E-state index in [4.69, 9.17) is 5.73 Å². The SMILES string of the molecule is CC(NC(=O)Cn1cnnn1)[C@H]1C(=O)N2C(C(=O)O)=C(S[C@@H]3CN[C@H](C(=O)N4C[C@@H](F)[C@@H](N)C4)C3)[C@H](C)[C@H]12. The van der Waals surface area contributed by atoms with Gasteiger partial charge in [0, 0.05) is 35.2 Å². The third-order valence-corrected chi connectivity index (χ3v) is 9.21. The van der Waals surface area contributed by atoms with Crippen LogP contribution in [-0.4, -0.2) is 114 Å². The van der Waals surface area contributed by atoms with Crippen LogP contribution in [0.1, 0.15) is 20.3 Å². The van der Waals surface area contributed by atoms with Gasteiger partial charge in [0.25, 0.3) is 0 Å². The summed E-state index contributed by atoms with van der Waals surface area (Å²) < 4.78 is 15.1. The quantitative estimate of drug-likeness (QED) is 0.260. The molecule has 8 atom stereocenters. The molecule has 0 bridgehead atoms. The van der Waals surface area contributed by atoms with Crippen LogP contribution >= 0.6 is 11.8 Å². The normalized spacial score (nSPS) is 33.4. The molecule has 1 aromatic heterocycles. The van der Waals surface area contributed by atoms with Crippen molar-refractivity contribution in [2.75, 3.05) is 19.6 Å². The van der Waals surface area contributed by atoms with Crippen LogP contribution < -0.4 is 16.4 Å². The highest BCUT2D eigenvalue weighted by Crippen LogP contribution is 2.51. The molecule has 5 N–H and O–H groups in total. The average Bonchev–Trinajstić information content (AvgIpc) is 3.63. The molecule has 3 fully saturated rings. The zero-order valence-corrected chi connectivity index (χ0v) is 21.7. The number of tetrazole rings is 1. The van der Waals surface area contributed by atoms with E-state index in [-0.39, 0.29) is 54.2 Å². The first-order valence-electron chi connectivity index (χ1n) is 12.5. The molecular weight excluding hydrogens is 521 g/mol. The molecule has 4 aliphatic rings. The second kappa shape index (κ2) is 10.2. The Morgan fingerprint density at radius 3 is 2.76 bits per heavy atom. The highest BCUT2D eigenvalue weighted by Gasteiger charge is 2.60. The van der Waals surface area contributed by atoms with Gasteiger partial charge in [0.05, 0.1) is 30.6 Å². The number of halogens is 1. The molecule has 16 heteroatoms. The lowest BCUT2D eigenvalue weighted by Crippen LogP contribution is -2.66. The summed E-state index contributed by atoms with van der Waals surface area (Å²) in [5.74, 6) is -2.98. The number of rotatable bonds is 8. The molecule has 1 unspecified atom stereocenters. The lowest BCUT2D eigenvalue weighted by atomic mass is 9.78. The topological polar surface area (TPSA) is 189 Å². The Hall–Kier alpha value is -3.11. The van der Waals surface area contributed by atoms with E-state index in [1.807, 2.05) is 6.92 Å². The van der Waals surface area contributed by atoms with Crippen LogP contribution in [0.3, 0.4) is 0 Å². The second-order valence-corrected chi connectivity index (χ2v) is 11.6. The van der Waals surface area contributed by atoms with Crippen LogP contribution in [0.5, 0.6) is 0 Å². The third kappa shape index (κ3) is 4.64. The largest absolute Gasteiger partial charge is 0.477 e. The van der Waals surface area contributed by atoms with E-state index in [2.05, 4.69) is 26.2 Å². The molecule has 1 aromatic rings. The minimum atomic E-state index is -1.24. The molecule has 5 rings (SSSR count). The number of nitrogens with one attached hydrogen (secondary N) is 2. The molecule has 4 aliphatic heterocycles. The fraction of sp³-hybridized carbons (Fsp3) is 0.682. The number of likely N-dealkylation sites (tertiary alicyclic amines) is 1. The zero-order valence-electron chi connectivity index (χ0n) is 20.9. The third-order valence-electron chi connectivity index (χ3n) is 7.70. The Labute approximate surface area is 221 Å². The number of aromatic nitrogens is 4. The average molecular weight is 552 g/mol. The van der Waals surface area contributed by atoms with Crippen molar-refractivity contribution in [2.45, 2.75) is 62.4 Å². The summed E-state index contributed by atoms with van der Waals surface area (Å²) in [6, 6.07) is -2.12. The van der Waals surface area contributed by atoms with Crippen LogP contribution in [-0.2, 0) is 25.7 Å². The highest BCUT2D eigenvalue weighted by atomic mass is 32.2. The summed E-state index contributed by atoms with van der Waals surface area (Å²) in [7, 11) is 0. The summed E-state index contributed by atoms with van der Waals surface area (Å²) in [5, 5.41) is 26.5. The predicted octanol–water partition coefficient (Wildman–Crippen LogP) is -2.08. The first-order chi connectivity index (χ1) is 18.1. The maximum atomic E-state index is 13.8. The summed E-state index contributed by atoms with van der Waals surface area (Å²) in [4.78, 5) is 53.9. The van der Waals surface area contributed by atoms with Crippen LogP contribution in [0.15, 0.2) is 16.9 Å². The number of carbonyl (C=O) groups excluding carboxylic acids is 3. The fourth-order valence-corrected chi connectivity index (χ4v) is 7.31. The maximum absolute atomic E-state index is 13.8. The van der Waals surface area contributed by atoms with E-state index < -0.39 is 42.2 Å². The predicted molar refractivity (Wildman–Crippen MR) is 131 cm³/mol. The Kier molecular flexibility index (Phi) is 7.13.